The van der Waals surface area contributed by atoms with Crippen molar-refractivity contribution in [3.63, 3.8) is 0 Å². The first-order valence-electron chi connectivity index (χ1n) is 5.03. The van der Waals surface area contributed by atoms with Crippen LogP contribution in [0.25, 0.3) is 11.0 Å². The Bertz CT molecular complexity index is 577. The lowest BCUT2D eigenvalue weighted by Gasteiger charge is -2.04. The fourth-order valence-electron chi connectivity index (χ4n) is 1.67. The number of rotatable bonds is 3. The molecule has 0 fully saturated rings. The summed E-state index contributed by atoms with van der Waals surface area (Å²) in [5.74, 6) is -1.16. The van der Waals surface area contributed by atoms with E-state index in [0.717, 1.165) is 6.07 Å². The van der Waals surface area contributed by atoms with Crippen molar-refractivity contribution in [3.8, 4) is 0 Å². The van der Waals surface area contributed by atoms with E-state index in [1.165, 1.54) is 6.07 Å². The average Bonchev–Trinajstić information content (AvgIpc) is 2.56. The Hall–Kier alpha value is -1.95. The van der Waals surface area contributed by atoms with E-state index in [4.69, 9.17) is 5.11 Å². The van der Waals surface area contributed by atoms with Crippen molar-refractivity contribution in [2.45, 2.75) is 6.54 Å². The van der Waals surface area contributed by atoms with Crippen LogP contribution < -0.4 is 0 Å². The van der Waals surface area contributed by atoms with Gasteiger partial charge >= 0.3 is 5.97 Å². The van der Waals surface area contributed by atoms with Crippen molar-refractivity contribution in [1.82, 2.24) is 14.9 Å². The van der Waals surface area contributed by atoms with Gasteiger partial charge in [0.15, 0.2) is 0 Å². The first-order valence-corrected chi connectivity index (χ1v) is 5.03. The fourth-order valence-corrected chi connectivity index (χ4v) is 1.67. The number of carboxylic acid groups (broad SMARTS) is 1. The number of fused-ring (bicyclic) bond motifs is 1. The lowest BCUT2D eigenvalue weighted by atomic mass is 10.2. The first kappa shape index (κ1) is 11.5. The van der Waals surface area contributed by atoms with Crippen LogP contribution in [0.2, 0.25) is 0 Å². The number of hydrogen-bond donors (Lipinski definition) is 2. The highest BCUT2D eigenvalue weighted by Gasteiger charge is 2.15. The molecule has 6 heteroatoms. The van der Waals surface area contributed by atoms with E-state index in [9.17, 15) is 9.18 Å². The molecule has 0 aliphatic heterocycles. The van der Waals surface area contributed by atoms with Crippen LogP contribution in [0.3, 0.4) is 0 Å². The molecule has 0 aliphatic rings. The molecule has 2 aromatic rings. The number of nitrogens with one attached hydrogen (secondary N) is 1. The van der Waals surface area contributed by atoms with E-state index in [1.807, 2.05) is 19.0 Å². The summed E-state index contributed by atoms with van der Waals surface area (Å²) in [6.07, 6.45) is 0. The Morgan fingerprint density at radius 3 is 2.82 bits per heavy atom. The summed E-state index contributed by atoms with van der Waals surface area (Å²) in [4.78, 5) is 19.9. The van der Waals surface area contributed by atoms with Crippen LogP contribution in [0.15, 0.2) is 12.1 Å². The van der Waals surface area contributed by atoms with Crippen LogP contribution in [-0.2, 0) is 6.54 Å². The molecular weight excluding hydrogens is 225 g/mol. The van der Waals surface area contributed by atoms with Gasteiger partial charge in [-0.15, -0.1) is 0 Å². The zero-order valence-electron chi connectivity index (χ0n) is 9.49. The Balaban J connectivity index is 2.59. The highest BCUT2D eigenvalue weighted by Crippen LogP contribution is 2.19. The van der Waals surface area contributed by atoms with E-state index in [-0.39, 0.29) is 11.1 Å². The second-order valence-electron chi connectivity index (χ2n) is 4.08. The van der Waals surface area contributed by atoms with Crippen molar-refractivity contribution in [3.05, 3.63) is 29.3 Å². The highest BCUT2D eigenvalue weighted by molar-refractivity contribution is 6.00. The lowest BCUT2D eigenvalue weighted by Crippen LogP contribution is -2.11. The van der Waals surface area contributed by atoms with Crippen LogP contribution in [0, 0.1) is 5.82 Å². The number of carbonyl (C=O) groups is 1. The molecule has 0 aliphatic carbocycles. The Morgan fingerprint density at radius 1 is 1.53 bits per heavy atom. The highest BCUT2D eigenvalue weighted by atomic mass is 19.1. The van der Waals surface area contributed by atoms with Crippen LogP contribution in [0.4, 0.5) is 4.39 Å². The Kier molecular flexibility index (Phi) is 2.81. The topological polar surface area (TPSA) is 69.2 Å². The van der Waals surface area contributed by atoms with E-state index in [1.54, 1.807) is 0 Å². The molecule has 0 radical (unpaired) electrons. The normalized spacial score (nSPS) is 11.3. The van der Waals surface area contributed by atoms with Gasteiger partial charge in [-0.2, -0.15) is 0 Å². The molecule has 0 bridgehead atoms. The molecule has 0 saturated carbocycles. The summed E-state index contributed by atoms with van der Waals surface area (Å²) >= 11 is 0. The predicted molar refractivity (Wildman–Crippen MR) is 60.4 cm³/mol. The summed E-state index contributed by atoms with van der Waals surface area (Å²) in [7, 11) is 3.73. The van der Waals surface area contributed by atoms with Crippen LogP contribution in [-0.4, -0.2) is 40.0 Å². The maximum atomic E-state index is 13.2. The third kappa shape index (κ3) is 2.26. The van der Waals surface area contributed by atoms with Gasteiger partial charge in [0.05, 0.1) is 17.6 Å². The molecule has 1 aromatic carbocycles. The molecule has 1 aromatic heterocycles. The molecule has 5 nitrogen and oxygen atoms in total. The first-order chi connectivity index (χ1) is 7.97. The number of aromatic amines is 1. The molecule has 17 heavy (non-hydrogen) atoms. The average molecular weight is 237 g/mol. The number of aromatic carboxylic acids is 1. The zero-order chi connectivity index (χ0) is 12.6. The summed E-state index contributed by atoms with van der Waals surface area (Å²) in [5, 5.41) is 8.97. The SMILES string of the molecule is CN(C)Cc1nc2c(C(=O)O)cc(F)cc2[nH]1. The largest absolute Gasteiger partial charge is 0.478 e. The quantitative estimate of drug-likeness (QED) is 0.848. The molecule has 0 unspecified atom stereocenters. The van der Waals surface area contributed by atoms with E-state index in [0.29, 0.717) is 17.9 Å². The van der Waals surface area contributed by atoms with Gasteiger partial charge in [-0.05, 0) is 26.2 Å². The minimum absolute atomic E-state index is 0.124. The minimum atomic E-state index is -1.18. The van der Waals surface area contributed by atoms with Gasteiger partial charge in [-0.1, -0.05) is 0 Å². The Labute approximate surface area is 96.9 Å². The summed E-state index contributed by atoms with van der Waals surface area (Å²) in [6, 6.07) is 2.22. The lowest BCUT2D eigenvalue weighted by molar-refractivity contribution is 0.0698. The maximum absolute atomic E-state index is 13.2. The zero-order valence-corrected chi connectivity index (χ0v) is 9.49. The monoisotopic (exact) mass is 237 g/mol. The number of imidazole rings is 1. The van der Waals surface area contributed by atoms with Gasteiger partial charge in [0.1, 0.15) is 17.2 Å². The number of aromatic nitrogens is 2. The van der Waals surface area contributed by atoms with Crippen molar-refractivity contribution in [2.24, 2.45) is 0 Å². The third-order valence-electron chi connectivity index (χ3n) is 2.30. The fraction of sp³-hybridized carbons (Fsp3) is 0.273. The van der Waals surface area contributed by atoms with Crippen molar-refractivity contribution >= 4 is 17.0 Å². The Morgan fingerprint density at radius 2 is 2.24 bits per heavy atom. The molecule has 0 spiro atoms. The van der Waals surface area contributed by atoms with Gasteiger partial charge in [-0.3, -0.25) is 0 Å². The van der Waals surface area contributed by atoms with E-state index >= 15 is 0 Å². The van der Waals surface area contributed by atoms with Gasteiger partial charge in [0, 0.05) is 0 Å². The number of hydrogen-bond acceptors (Lipinski definition) is 3. The molecule has 2 rings (SSSR count). The number of halogens is 1. The summed E-state index contributed by atoms with van der Waals surface area (Å²) in [5.41, 5.74) is 0.566. The van der Waals surface area contributed by atoms with E-state index in [2.05, 4.69) is 9.97 Å². The van der Waals surface area contributed by atoms with Crippen LogP contribution in [0.1, 0.15) is 16.2 Å². The molecule has 0 atom stereocenters. The predicted octanol–water partition coefficient (Wildman–Crippen LogP) is 1.46. The minimum Gasteiger partial charge on any atom is -0.478 e. The second-order valence-corrected chi connectivity index (χ2v) is 4.08. The summed E-state index contributed by atoms with van der Waals surface area (Å²) < 4.78 is 13.2. The molecule has 2 N–H and O–H groups in total. The van der Waals surface area contributed by atoms with Crippen LogP contribution >= 0.6 is 0 Å². The van der Waals surface area contributed by atoms with Crippen molar-refractivity contribution in [1.29, 1.82) is 0 Å². The molecule has 0 saturated heterocycles. The third-order valence-corrected chi connectivity index (χ3v) is 2.30. The van der Waals surface area contributed by atoms with Gasteiger partial charge in [0.25, 0.3) is 0 Å². The van der Waals surface area contributed by atoms with Gasteiger partial charge in [0.2, 0.25) is 0 Å². The van der Waals surface area contributed by atoms with Gasteiger partial charge in [-0.25, -0.2) is 14.2 Å². The van der Waals surface area contributed by atoms with Crippen molar-refractivity contribution < 1.29 is 14.3 Å². The molecule has 1 heterocycles. The molecule has 90 valence electrons. The standard InChI is InChI=1S/C11H12FN3O2/c1-15(2)5-9-13-8-4-6(12)3-7(11(16)17)10(8)14-9/h3-4H,5H2,1-2H3,(H,13,14)(H,16,17). The smallest absolute Gasteiger partial charge is 0.338 e. The number of nitrogens with zero attached hydrogens (tertiary/aromatic N) is 2. The number of carboxylic acids is 1. The maximum Gasteiger partial charge on any atom is 0.338 e. The second kappa shape index (κ2) is 4.14. The molecular formula is C11H12FN3O2. The van der Waals surface area contributed by atoms with Crippen molar-refractivity contribution in [2.75, 3.05) is 14.1 Å². The number of benzene rings is 1. The van der Waals surface area contributed by atoms with E-state index < -0.39 is 11.8 Å². The summed E-state index contributed by atoms with van der Waals surface area (Å²) in [6.45, 7) is 0.537. The number of H-pyrrole nitrogens is 1. The van der Waals surface area contributed by atoms with Crippen LogP contribution in [0.5, 0.6) is 0 Å². The van der Waals surface area contributed by atoms with Gasteiger partial charge < -0.3 is 15.0 Å². The molecule has 0 amide bonds.